The summed E-state index contributed by atoms with van der Waals surface area (Å²) >= 11 is 1.50. The Morgan fingerprint density at radius 1 is 1.23 bits per heavy atom. The van der Waals surface area contributed by atoms with Crippen LogP contribution in [0.1, 0.15) is 44.0 Å². The van der Waals surface area contributed by atoms with E-state index in [9.17, 15) is 9.18 Å². The van der Waals surface area contributed by atoms with Gasteiger partial charge in [-0.1, -0.05) is 54.9 Å². The minimum Gasteiger partial charge on any atom is -0.447 e. The molecule has 0 unspecified atom stereocenters. The van der Waals surface area contributed by atoms with Crippen molar-refractivity contribution in [3.05, 3.63) is 59.4 Å². The summed E-state index contributed by atoms with van der Waals surface area (Å²) in [5.74, 6) is 0.355. The maximum Gasteiger partial charge on any atom is 0.247 e. The lowest BCUT2D eigenvalue weighted by Crippen LogP contribution is -2.36. The van der Waals surface area contributed by atoms with Gasteiger partial charge in [0.25, 0.3) is 0 Å². The molecule has 0 fully saturated rings. The lowest BCUT2D eigenvalue weighted by atomic mass is 10.0. The van der Waals surface area contributed by atoms with Gasteiger partial charge < -0.3 is 4.74 Å². The molecule has 8 heteroatoms. The highest BCUT2D eigenvalue weighted by molar-refractivity contribution is 7.99. The summed E-state index contributed by atoms with van der Waals surface area (Å²) in [5, 5.41) is 9.15. The van der Waals surface area contributed by atoms with Gasteiger partial charge in [0.05, 0.1) is 5.69 Å². The second-order valence-electron chi connectivity index (χ2n) is 7.35. The molecule has 1 aliphatic heterocycles. The number of benzene rings is 2. The minimum atomic E-state index is -1.02. The number of fused-ring (bicyclic) bond motifs is 3. The number of aromatic nitrogens is 3. The molecule has 0 radical (unpaired) electrons. The summed E-state index contributed by atoms with van der Waals surface area (Å²) in [6.45, 7) is 5.50. The van der Waals surface area contributed by atoms with Gasteiger partial charge in [-0.2, -0.15) is 4.98 Å². The number of aryl methyl sites for hydroxylation is 1. The number of carbonyl (C=O) groups is 1. The van der Waals surface area contributed by atoms with E-state index in [1.807, 2.05) is 25.1 Å². The largest absolute Gasteiger partial charge is 0.447 e. The zero-order valence-electron chi connectivity index (χ0n) is 17.6. The molecule has 1 atom stereocenters. The van der Waals surface area contributed by atoms with E-state index in [1.165, 1.54) is 29.7 Å². The Morgan fingerprint density at radius 2 is 2.03 bits per heavy atom. The summed E-state index contributed by atoms with van der Waals surface area (Å²) < 4.78 is 21.0. The molecular formula is C23H23FN4O2S. The minimum absolute atomic E-state index is 0.234. The maximum atomic E-state index is 14.8. The van der Waals surface area contributed by atoms with Gasteiger partial charge in [0.15, 0.2) is 5.69 Å². The van der Waals surface area contributed by atoms with Crippen molar-refractivity contribution in [3.63, 3.8) is 0 Å². The third kappa shape index (κ3) is 4.25. The van der Waals surface area contributed by atoms with Crippen LogP contribution in [0, 0.1) is 12.7 Å². The molecule has 0 spiro atoms. The van der Waals surface area contributed by atoms with Crippen LogP contribution in [-0.2, 0) is 4.79 Å². The fourth-order valence-corrected chi connectivity index (χ4v) is 4.33. The number of nitrogens with zero attached hydrogens (tertiary/aromatic N) is 4. The molecule has 1 aromatic heterocycles. The standard InChI is InChI=1S/C23H23FN4O2S/c1-4-5-12-31-23-25-21-20(26-27-23)17-13-14(2)10-11-19(17)28(15(3)29)22(30-21)16-8-6-7-9-18(16)24/h6-11,13,22H,4-5,12H2,1-3H3/t22-/m0/s1. The van der Waals surface area contributed by atoms with E-state index < -0.39 is 12.0 Å². The van der Waals surface area contributed by atoms with Gasteiger partial charge in [0.1, 0.15) is 5.82 Å². The average molecular weight is 439 g/mol. The molecular weight excluding hydrogens is 415 g/mol. The Kier molecular flexibility index (Phi) is 6.18. The first kappa shape index (κ1) is 21.2. The zero-order valence-corrected chi connectivity index (χ0v) is 18.4. The Balaban J connectivity index is 1.90. The number of carbonyl (C=O) groups excluding carboxylic acids is 1. The van der Waals surface area contributed by atoms with Gasteiger partial charge >= 0.3 is 0 Å². The van der Waals surface area contributed by atoms with Crippen molar-refractivity contribution in [1.29, 1.82) is 0 Å². The number of ether oxygens (including phenoxy) is 1. The first-order chi connectivity index (χ1) is 15.0. The van der Waals surface area contributed by atoms with Crippen LogP contribution < -0.4 is 9.64 Å². The Bertz CT molecular complexity index is 1120. The van der Waals surface area contributed by atoms with E-state index in [1.54, 1.807) is 18.2 Å². The quantitative estimate of drug-likeness (QED) is 0.397. The van der Waals surface area contributed by atoms with Crippen LogP contribution in [-0.4, -0.2) is 26.8 Å². The van der Waals surface area contributed by atoms with E-state index in [0.717, 1.165) is 24.2 Å². The molecule has 1 amide bonds. The van der Waals surface area contributed by atoms with Crippen molar-refractivity contribution in [2.75, 3.05) is 10.7 Å². The van der Waals surface area contributed by atoms with Gasteiger partial charge in [-0.25, -0.2) is 4.39 Å². The molecule has 0 saturated heterocycles. The van der Waals surface area contributed by atoms with Crippen LogP contribution in [0.3, 0.4) is 0 Å². The number of hydrogen-bond donors (Lipinski definition) is 0. The van der Waals surface area contributed by atoms with Gasteiger partial charge in [0.2, 0.25) is 23.2 Å². The van der Waals surface area contributed by atoms with Crippen molar-refractivity contribution in [2.24, 2.45) is 0 Å². The van der Waals surface area contributed by atoms with Crippen LogP contribution in [0.25, 0.3) is 11.3 Å². The summed E-state index contributed by atoms with van der Waals surface area (Å²) in [6, 6.07) is 11.9. The number of amides is 1. The molecule has 1 aliphatic rings. The molecule has 2 aromatic carbocycles. The molecule has 2 heterocycles. The fraction of sp³-hybridized carbons (Fsp3) is 0.304. The van der Waals surface area contributed by atoms with Crippen molar-refractivity contribution >= 4 is 23.4 Å². The SMILES string of the molecule is CCCCSc1nnc2c(n1)O[C@@H](c1ccccc1F)N(C(C)=O)c1ccc(C)cc1-2. The highest BCUT2D eigenvalue weighted by Gasteiger charge is 2.35. The summed E-state index contributed by atoms with van der Waals surface area (Å²) in [4.78, 5) is 18.8. The van der Waals surface area contributed by atoms with E-state index in [-0.39, 0.29) is 17.4 Å². The Labute approximate surface area is 184 Å². The zero-order chi connectivity index (χ0) is 22.0. The number of halogens is 1. The topological polar surface area (TPSA) is 68.2 Å². The van der Waals surface area contributed by atoms with Gasteiger partial charge in [-0.3, -0.25) is 9.69 Å². The normalized spacial score (nSPS) is 15.0. The van der Waals surface area contributed by atoms with Crippen LogP contribution in [0.15, 0.2) is 47.6 Å². The van der Waals surface area contributed by atoms with Gasteiger partial charge in [-0.05, 0) is 31.5 Å². The van der Waals surface area contributed by atoms with Crippen LogP contribution in [0.4, 0.5) is 10.1 Å². The number of anilines is 1. The van der Waals surface area contributed by atoms with Crippen LogP contribution in [0.5, 0.6) is 5.88 Å². The third-order valence-corrected chi connectivity index (χ3v) is 5.92. The van der Waals surface area contributed by atoms with E-state index in [0.29, 0.717) is 22.1 Å². The van der Waals surface area contributed by atoms with E-state index >= 15 is 0 Å². The highest BCUT2D eigenvalue weighted by Crippen LogP contribution is 2.44. The average Bonchev–Trinajstić information content (AvgIpc) is 2.88. The molecule has 31 heavy (non-hydrogen) atoms. The van der Waals surface area contributed by atoms with Crippen LogP contribution in [0.2, 0.25) is 0 Å². The first-order valence-corrected chi connectivity index (χ1v) is 11.2. The van der Waals surface area contributed by atoms with Gasteiger partial charge in [0, 0.05) is 23.8 Å². The smallest absolute Gasteiger partial charge is 0.247 e. The Morgan fingerprint density at radius 3 is 2.77 bits per heavy atom. The molecule has 0 N–H and O–H groups in total. The summed E-state index contributed by atoms with van der Waals surface area (Å²) in [6.07, 6.45) is 1.08. The maximum absolute atomic E-state index is 14.8. The molecule has 0 bridgehead atoms. The van der Waals surface area contributed by atoms with Gasteiger partial charge in [-0.15, -0.1) is 10.2 Å². The monoisotopic (exact) mass is 438 g/mol. The third-order valence-electron chi connectivity index (χ3n) is 5.00. The molecule has 6 nitrogen and oxygen atoms in total. The second-order valence-corrected chi connectivity index (χ2v) is 8.41. The van der Waals surface area contributed by atoms with E-state index in [4.69, 9.17) is 4.74 Å². The fourth-order valence-electron chi connectivity index (χ4n) is 3.46. The first-order valence-electron chi connectivity index (χ1n) is 10.2. The Hall–Kier alpha value is -3.00. The molecule has 4 rings (SSSR count). The van der Waals surface area contributed by atoms with E-state index in [2.05, 4.69) is 22.1 Å². The molecule has 160 valence electrons. The highest BCUT2D eigenvalue weighted by atomic mass is 32.2. The number of unbranched alkanes of at least 4 members (excludes halogenated alkanes) is 1. The predicted octanol–water partition coefficient (Wildman–Crippen LogP) is 5.32. The number of thioether (sulfide) groups is 1. The summed E-state index contributed by atoms with van der Waals surface area (Å²) in [5.41, 5.74) is 2.92. The van der Waals surface area contributed by atoms with Crippen molar-refractivity contribution < 1.29 is 13.9 Å². The van der Waals surface area contributed by atoms with Crippen molar-refractivity contribution in [1.82, 2.24) is 15.2 Å². The molecule has 0 saturated carbocycles. The van der Waals surface area contributed by atoms with Crippen LogP contribution >= 0.6 is 11.8 Å². The lowest BCUT2D eigenvalue weighted by molar-refractivity contribution is -0.118. The number of hydrogen-bond acceptors (Lipinski definition) is 6. The summed E-state index contributed by atoms with van der Waals surface area (Å²) in [7, 11) is 0. The van der Waals surface area contributed by atoms with Crippen molar-refractivity contribution in [3.8, 4) is 17.1 Å². The molecule has 0 aliphatic carbocycles. The van der Waals surface area contributed by atoms with Crippen molar-refractivity contribution in [2.45, 2.75) is 45.0 Å². The second kappa shape index (κ2) is 9.01. The predicted molar refractivity (Wildman–Crippen MR) is 119 cm³/mol. The number of rotatable bonds is 5. The lowest BCUT2D eigenvalue weighted by Gasteiger charge is -2.30. The molecule has 3 aromatic rings.